The lowest BCUT2D eigenvalue weighted by Crippen LogP contribution is -2.56. The van der Waals surface area contributed by atoms with Gasteiger partial charge >= 0.3 is 27.6 Å². The first kappa shape index (κ1) is 63.4. The van der Waals surface area contributed by atoms with Crippen molar-refractivity contribution >= 4 is 33.4 Å². The van der Waals surface area contributed by atoms with E-state index in [9.17, 15) is 68.8 Å². The number of allylic oxidation sites excluding steroid dienone is 8. The highest BCUT2D eigenvalue weighted by Crippen LogP contribution is 2.49. The normalized spacial score (nSPS) is 30.6. The lowest BCUT2D eigenvalue weighted by atomic mass is 9.84. The number of fused-ring (bicyclic) bond motifs is 4. The molecule has 2 aliphatic rings. The SMILES string of the molecule is CCCCC/C=C\C/C=C\C/C=C\CCCCCCC(=O)O[C@@H]1COC(=O)CCC/C=C\C[C@H]2C(=O)C[C@@H](O)[C@H](/C=C/[C@@H](O)CCCCC)[C@@H](O)[C@@H](OP(=O)(O)O)[C@@H](OP(=O)(O)OC1)[C@H](O)[C@@H](O)[C@@H]2O. The fourth-order valence-corrected chi connectivity index (χ4v) is 9.44. The van der Waals surface area contributed by atoms with Gasteiger partial charge in [-0.1, -0.05) is 120 Å². The Labute approximate surface area is 413 Å². The highest BCUT2D eigenvalue weighted by Gasteiger charge is 2.51. The van der Waals surface area contributed by atoms with Gasteiger partial charge in [0.1, 0.15) is 36.8 Å². The third kappa shape index (κ3) is 26.8. The van der Waals surface area contributed by atoms with Crippen molar-refractivity contribution in [1.29, 1.82) is 0 Å². The molecular weight excluding hydrogens is 954 g/mol. The van der Waals surface area contributed by atoms with E-state index in [-0.39, 0.29) is 38.5 Å². The smallest absolute Gasteiger partial charge is 0.462 e. The van der Waals surface area contributed by atoms with Crippen molar-refractivity contribution in [2.45, 2.75) is 204 Å². The summed E-state index contributed by atoms with van der Waals surface area (Å²) in [6.07, 6.45) is 10.1. The molecule has 0 aromatic carbocycles. The molecule has 1 heterocycles. The number of rotatable bonds is 24. The standard InChI is InChI=1S/C49H82O19P2/c1-3-5-7-8-9-10-11-12-13-14-15-16-17-18-19-20-26-30-43(54)66-37-34-64-42(53)29-25-22-21-24-28-38-40(51)33-41(52)39(32-31-36(50)27-23-6-4-2)45(56)48(67-69(59,60)61)49(47(58)46(57)44(38)55)68-70(62,63)65-35-37/h9-10,12-13,15-16,21,24,31-32,36-39,41,44-50,52,55-58H,3-8,11,14,17-20,22-23,25-30,33-35H2,1-2H3,(H,62,63)(H2,59,60,61)/b10-9-,13-12-,16-15-,24-21-,32-31+/t36-,37+,38-,39-,41+,44+,45+,46-,47+,48+,49-/m0/s1. The number of cyclic esters (lactones) is 1. The van der Waals surface area contributed by atoms with Crippen LogP contribution in [0.1, 0.15) is 149 Å². The number of phosphoric ester groups is 2. The molecule has 2 bridgehead atoms. The zero-order valence-electron chi connectivity index (χ0n) is 40.9. The number of hydrogen-bond donors (Lipinski definition) is 9. The highest BCUT2D eigenvalue weighted by atomic mass is 31.2. The molecule has 0 saturated heterocycles. The van der Waals surface area contributed by atoms with Crippen LogP contribution in [0.4, 0.5) is 0 Å². The number of carbonyl (C=O) groups is 3. The monoisotopic (exact) mass is 1040 g/mol. The van der Waals surface area contributed by atoms with Gasteiger partial charge < -0.3 is 54.8 Å². The molecule has 0 spiro atoms. The largest absolute Gasteiger partial charge is 0.472 e. The predicted molar refractivity (Wildman–Crippen MR) is 260 cm³/mol. The summed E-state index contributed by atoms with van der Waals surface area (Å²) in [4.78, 5) is 70.5. The summed E-state index contributed by atoms with van der Waals surface area (Å²) in [5.41, 5.74) is 0. The molecule has 1 aliphatic heterocycles. The summed E-state index contributed by atoms with van der Waals surface area (Å²) in [5, 5.41) is 68.2. The first-order valence-corrected chi connectivity index (χ1v) is 28.0. The van der Waals surface area contributed by atoms with E-state index in [0.29, 0.717) is 19.3 Å². The number of hydrogen-bond acceptors (Lipinski definition) is 16. The number of ether oxygens (including phenoxy) is 2. The third-order valence-corrected chi connectivity index (χ3v) is 13.4. The summed E-state index contributed by atoms with van der Waals surface area (Å²) < 4.78 is 52.2. The van der Waals surface area contributed by atoms with Crippen LogP contribution in [0.3, 0.4) is 0 Å². The Balaban J connectivity index is 2.32. The van der Waals surface area contributed by atoms with Crippen LogP contribution < -0.4 is 0 Å². The lowest BCUT2D eigenvalue weighted by molar-refractivity contribution is -0.164. The molecule has 2 rings (SSSR count). The van der Waals surface area contributed by atoms with Gasteiger partial charge in [-0.05, 0) is 70.6 Å². The Morgan fingerprint density at radius 2 is 1.46 bits per heavy atom. The van der Waals surface area contributed by atoms with E-state index in [4.69, 9.17) is 23.0 Å². The Hall–Kier alpha value is -2.71. The number of esters is 2. The molecule has 0 radical (unpaired) electrons. The van der Waals surface area contributed by atoms with Crippen LogP contribution in [0, 0.1) is 11.8 Å². The molecule has 0 aromatic rings. The van der Waals surface area contributed by atoms with Gasteiger partial charge in [-0.3, -0.25) is 28.0 Å². The van der Waals surface area contributed by atoms with Crippen LogP contribution in [-0.4, -0.2) is 131 Å². The van der Waals surface area contributed by atoms with Crippen molar-refractivity contribution in [1.82, 2.24) is 0 Å². The van der Waals surface area contributed by atoms with Crippen LogP contribution >= 0.6 is 15.6 Å². The van der Waals surface area contributed by atoms with Crippen LogP contribution in [0.2, 0.25) is 0 Å². The lowest BCUT2D eigenvalue weighted by Gasteiger charge is -2.38. The van der Waals surface area contributed by atoms with Gasteiger partial charge in [0, 0.05) is 31.1 Å². The molecule has 21 heteroatoms. The van der Waals surface area contributed by atoms with E-state index >= 15 is 0 Å². The molecule has 1 fully saturated rings. The van der Waals surface area contributed by atoms with Gasteiger partial charge in [-0.2, -0.15) is 0 Å². The number of Topliss-reactive ketones (excluding diaryl/α,β-unsaturated/α-hetero) is 1. The second-order valence-electron chi connectivity index (χ2n) is 18.0. The second kappa shape index (κ2) is 35.4. The average molecular weight is 1040 g/mol. The number of ketones is 1. The maximum atomic E-state index is 13.7. The summed E-state index contributed by atoms with van der Waals surface area (Å²) in [6.45, 7) is 2.49. The third-order valence-electron chi connectivity index (χ3n) is 11.9. The van der Waals surface area contributed by atoms with Crippen molar-refractivity contribution < 1.29 is 91.9 Å². The van der Waals surface area contributed by atoms with Gasteiger partial charge in [0.2, 0.25) is 0 Å². The zero-order chi connectivity index (χ0) is 52.0. The molecule has 12 atom stereocenters. The van der Waals surface area contributed by atoms with Gasteiger partial charge in [0.25, 0.3) is 0 Å². The fourth-order valence-electron chi connectivity index (χ4n) is 7.91. The van der Waals surface area contributed by atoms with E-state index in [0.717, 1.165) is 63.5 Å². The summed E-state index contributed by atoms with van der Waals surface area (Å²) >= 11 is 0. The van der Waals surface area contributed by atoms with Gasteiger partial charge in [-0.15, -0.1) is 0 Å². The first-order valence-electron chi connectivity index (χ1n) is 24.9. The number of phosphoric acid groups is 2. The molecular formula is C49H82O19P2. The summed E-state index contributed by atoms with van der Waals surface area (Å²) in [7, 11) is -11.5. The molecule has 70 heavy (non-hydrogen) atoms. The van der Waals surface area contributed by atoms with Crippen molar-refractivity contribution in [3.05, 3.63) is 60.8 Å². The number of aliphatic hydroxyl groups is 6. The van der Waals surface area contributed by atoms with E-state index in [2.05, 4.69) is 43.4 Å². The van der Waals surface area contributed by atoms with Gasteiger partial charge in [0.15, 0.2) is 6.10 Å². The minimum Gasteiger partial charge on any atom is -0.462 e. The van der Waals surface area contributed by atoms with Crippen LogP contribution in [0.5, 0.6) is 0 Å². The minimum atomic E-state index is -5.79. The Kier molecular flexibility index (Phi) is 32.1. The van der Waals surface area contributed by atoms with Crippen LogP contribution in [-0.2, 0) is 46.6 Å². The average Bonchev–Trinajstić information content (AvgIpc) is 3.30. The van der Waals surface area contributed by atoms with Gasteiger partial charge in [0.05, 0.1) is 31.0 Å². The second-order valence-corrected chi connectivity index (χ2v) is 20.6. The Bertz CT molecular complexity index is 1750. The quantitative estimate of drug-likeness (QED) is 0.0218. The zero-order valence-corrected chi connectivity index (χ0v) is 42.7. The number of aliphatic hydroxyl groups excluding tert-OH is 6. The molecule has 1 aliphatic carbocycles. The predicted octanol–water partition coefficient (Wildman–Crippen LogP) is 6.43. The van der Waals surface area contributed by atoms with Gasteiger partial charge in [-0.25, -0.2) is 9.13 Å². The molecule has 0 amide bonds. The van der Waals surface area contributed by atoms with Crippen molar-refractivity contribution in [2.75, 3.05) is 13.2 Å². The van der Waals surface area contributed by atoms with Crippen molar-refractivity contribution in [2.24, 2.45) is 11.8 Å². The maximum absolute atomic E-state index is 13.7. The molecule has 0 aromatic heterocycles. The van der Waals surface area contributed by atoms with Crippen molar-refractivity contribution in [3.8, 4) is 0 Å². The van der Waals surface area contributed by atoms with E-state index in [1.165, 1.54) is 25.3 Å². The summed E-state index contributed by atoms with van der Waals surface area (Å²) in [5.74, 6) is -5.72. The minimum absolute atomic E-state index is 0.0632. The molecule has 1 unspecified atom stereocenters. The van der Waals surface area contributed by atoms with E-state index in [1.807, 2.05) is 6.92 Å². The first-order chi connectivity index (χ1) is 33.3. The molecule has 1 saturated carbocycles. The Morgan fingerprint density at radius 1 is 0.829 bits per heavy atom. The molecule has 402 valence electrons. The number of carbonyl (C=O) groups excluding carboxylic acids is 3. The Morgan fingerprint density at radius 3 is 2.11 bits per heavy atom. The topological polar surface area (TPSA) is 314 Å². The highest BCUT2D eigenvalue weighted by molar-refractivity contribution is 7.47. The maximum Gasteiger partial charge on any atom is 0.472 e. The fraction of sp³-hybridized carbons (Fsp3) is 0.735. The molecule has 9 N–H and O–H groups in total. The van der Waals surface area contributed by atoms with Crippen LogP contribution in [0.15, 0.2) is 60.8 Å². The summed E-state index contributed by atoms with van der Waals surface area (Å²) in [6, 6.07) is 0. The van der Waals surface area contributed by atoms with Crippen molar-refractivity contribution in [3.63, 3.8) is 0 Å². The molecule has 19 nitrogen and oxygen atoms in total. The number of unbranched alkanes of at least 4 members (excludes halogenated alkanes) is 9. The van der Waals surface area contributed by atoms with E-state index in [1.54, 1.807) is 6.08 Å². The van der Waals surface area contributed by atoms with E-state index < -0.39 is 120 Å². The van der Waals surface area contributed by atoms with Crippen LogP contribution in [0.25, 0.3) is 0 Å².